The van der Waals surface area contributed by atoms with Crippen molar-refractivity contribution in [2.75, 3.05) is 11.4 Å². The molecule has 1 aliphatic rings. The third-order valence-corrected chi connectivity index (χ3v) is 2.21. The van der Waals surface area contributed by atoms with E-state index >= 15 is 0 Å². The van der Waals surface area contributed by atoms with Crippen molar-refractivity contribution in [2.24, 2.45) is 5.73 Å². The van der Waals surface area contributed by atoms with E-state index in [4.69, 9.17) is 5.73 Å². The number of fused-ring (bicyclic) bond motifs is 1. The third kappa shape index (κ3) is 1.15. The monoisotopic (exact) mass is 178 g/mol. The van der Waals surface area contributed by atoms with Crippen molar-refractivity contribution < 1.29 is 9.90 Å². The summed E-state index contributed by atoms with van der Waals surface area (Å²) in [5, 5.41) is 9.55. The van der Waals surface area contributed by atoms with Crippen molar-refractivity contribution in [3.05, 3.63) is 29.8 Å². The second-order valence-corrected chi connectivity index (χ2v) is 3.02. The van der Waals surface area contributed by atoms with E-state index in [-0.39, 0.29) is 6.54 Å². The standard InChI is InChI=1S/C9H10N2O2/c10-9(13)11-5-8(12)6-3-1-2-4-7(6)11/h1-4,8,12H,5H2,(H2,10,13). The van der Waals surface area contributed by atoms with E-state index in [0.29, 0.717) is 5.69 Å². The molecule has 2 rings (SSSR count). The fourth-order valence-electron chi connectivity index (χ4n) is 1.59. The highest BCUT2D eigenvalue weighted by atomic mass is 16.3. The van der Waals surface area contributed by atoms with Gasteiger partial charge in [0.2, 0.25) is 0 Å². The van der Waals surface area contributed by atoms with Gasteiger partial charge in [-0.1, -0.05) is 18.2 Å². The number of nitrogens with two attached hydrogens (primary N) is 1. The van der Waals surface area contributed by atoms with Gasteiger partial charge in [0.05, 0.1) is 18.3 Å². The molecule has 4 heteroatoms. The average molecular weight is 178 g/mol. The summed E-state index contributed by atoms with van der Waals surface area (Å²) in [4.78, 5) is 12.3. The highest BCUT2D eigenvalue weighted by Gasteiger charge is 2.29. The molecule has 1 aromatic carbocycles. The Bertz CT molecular complexity index is 351. The molecule has 4 nitrogen and oxygen atoms in total. The molecule has 0 radical (unpaired) electrons. The molecule has 1 unspecified atom stereocenters. The maximum absolute atomic E-state index is 10.9. The van der Waals surface area contributed by atoms with Gasteiger partial charge >= 0.3 is 6.03 Å². The lowest BCUT2D eigenvalue weighted by Crippen LogP contribution is -2.34. The molecule has 0 saturated heterocycles. The van der Waals surface area contributed by atoms with Crippen LogP contribution in [0.4, 0.5) is 10.5 Å². The second-order valence-electron chi connectivity index (χ2n) is 3.02. The molecule has 2 amide bonds. The molecule has 0 aromatic heterocycles. The number of nitrogens with zero attached hydrogens (tertiary/aromatic N) is 1. The van der Waals surface area contributed by atoms with Crippen molar-refractivity contribution >= 4 is 11.7 Å². The van der Waals surface area contributed by atoms with E-state index in [9.17, 15) is 9.90 Å². The Balaban J connectivity index is 2.47. The number of rotatable bonds is 0. The molecule has 0 fully saturated rings. The summed E-state index contributed by atoms with van der Waals surface area (Å²) in [5.74, 6) is 0. The number of para-hydroxylation sites is 1. The zero-order chi connectivity index (χ0) is 9.42. The zero-order valence-electron chi connectivity index (χ0n) is 6.97. The predicted octanol–water partition coefficient (Wildman–Crippen LogP) is 0.619. The number of amides is 2. The van der Waals surface area contributed by atoms with Gasteiger partial charge in [0, 0.05) is 5.56 Å². The molecule has 1 heterocycles. The lowest BCUT2D eigenvalue weighted by Gasteiger charge is -2.12. The first kappa shape index (κ1) is 8.07. The predicted molar refractivity (Wildman–Crippen MR) is 48.3 cm³/mol. The van der Waals surface area contributed by atoms with E-state index in [1.807, 2.05) is 12.1 Å². The number of carbonyl (C=O) groups is 1. The van der Waals surface area contributed by atoms with E-state index in [1.54, 1.807) is 12.1 Å². The smallest absolute Gasteiger partial charge is 0.319 e. The van der Waals surface area contributed by atoms with Crippen molar-refractivity contribution in [2.45, 2.75) is 6.10 Å². The van der Waals surface area contributed by atoms with Gasteiger partial charge in [-0.2, -0.15) is 0 Å². The summed E-state index contributed by atoms with van der Waals surface area (Å²) in [6, 6.07) is 6.68. The van der Waals surface area contributed by atoms with Crippen LogP contribution in [-0.4, -0.2) is 17.7 Å². The minimum atomic E-state index is -0.608. The highest BCUT2D eigenvalue weighted by Crippen LogP contribution is 2.33. The molecule has 1 aliphatic heterocycles. The van der Waals surface area contributed by atoms with Crippen molar-refractivity contribution in [3.63, 3.8) is 0 Å². The number of primary amides is 1. The van der Waals surface area contributed by atoms with Crippen LogP contribution in [-0.2, 0) is 0 Å². The Kier molecular flexibility index (Phi) is 1.70. The summed E-state index contributed by atoms with van der Waals surface area (Å²) < 4.78 is 0. The number of β-amino-alcohol motifs (C(OH)–C–C–N with tert-alkyl or cyclic N) is 1. The molecule has 0 saturated carbocycles. The Labute approximate surface area is 75.6 Å². The number of aliphatic hydroxyl groups is 1. The van der Waals surface area contributed by atoms with E-state index in [2.05, 4.69) is 0 Å². The fourth-order valence-corrected chi connectivity index (χ4v) is 1.59. The van der Waals surface area contributed by atoms with Crippen LogP contribution in [0.2, 0.25) is 0 Å². The second kappa shape index (κ2) is 2.74. The first-order valence-corrected chi connectivity index (χ1v) is 4.04. The Morgan fingerprint density at radius 3 is 2.92 bits per heavy atom. The number of urea groups is 1. The zero-order valence-corrected chi connectivity index (χ0v) is 6.97. The maximum atomic E-state index is 10.9. The molecule has 3 N–H and O–H groups in total. The van der Waals surface area contributed by atoms with Gasteiger partial charge < -0.3 is 10.8 Å². The largest absolute Gasteiger partial charge is 0.386 e. The summed E-state index contributed by atoms with van der Waals surface area (Å²) in [5.41, 5.74) is 6.63. The summed E-state index contributed by atoms with van der Waals surface area (Å²) in [7, 11) is 0. The summed E-state index contributed by atoms with van der Waals surface area (Å²) in [6.07, 6.45) is -0.608. The molecule has 68 valence electrons. The van der Waals surface area contributed by atoms with E-state index in [1.165, 1.54) is 4.90 Å². The van der Waals surface area contributed by atoms with Gasteiger partial charge in [0.1, 0.15) is 0 Å². The van der Waals surface area contributed by atoms with Gasteiger partial charge in [-0.25, -0.2) is 4.79 Å². The van der Waals surface area contributed by atoms with Crippen LogP contribution in [0.25, 0.3) is 0 Å². The molecule has 0 aliphatic carbocycles. The first-order valence-electron chi connectivity index (χ1n) is 4.04. The van der Waals surface area contributed by atoms with Crippen LogP contribution < -0.4 is 10.6 Å². The number of benzene rings is 1. The molecule has 1 atom stereocenters. The van der Waals surface area contributed by atoms with Crippen LogP contribution in [0.1, 0.15) is 11.7 Å². The Morgan fingerprint density at radius 1 is 1.54 bits per heavy atom. The molecular formula is C9H10N2O2. The summed E-state index contributed by atoms with van der Waals surface area (Å²) >= 11 is 0. The number of hydrogen-bond acceptors (Lipinski definition) is 2. The van der Waals surface area contributed by atoms with Crippen LogP contribution in [0.5, 0.6) is 0 Å². The molecule has 0 bridgehead atoms. The van der Waals surface area contributed by atoms with Gasteiger partial charge in [0.15, 0.2) is 0 Å². The van der Waals surface area contributed by atoms with Crippen molar-refractivity contribution in [1.29, 1.82) is 0 Å². The van der Waals surface area contributed by atoms with Gasteiger partial charge in [0.25, 0.3) is 0 Å². The lowest BCUT2D eigenvalue weighted by atomic mass is 10.1. The highest BCUT2D eigenvalue weighted by molar-refractivity contribution is 5.93. The van der Waals surface area contributed by atoms with Crippen molar-refractivity contribution in [3.8, 4) is 0 Å². The Morgan fingerprint density at radius 2 is 2.23 bits per heavy atom. The maximum Gasteiger partial charge on any atom is 0.319 e. The third-order valence-electron chi connectivity index (χ3n) is 2.21. The quantitative estimate of drug-likeness (QED) is 0.611. The SMILES string of the molecule is NC(=O)N1CC(O)c2ccccc21. The molecule has 1 aromatic rings. The molecule has 0 spiro atoms. The minimum absolute atomic E-state index is 0.259. The minimum Gasteiger partial charge on any atom is -0.386 e. The van der Waals surface area contributed by atoms with E-state index in [0.717, 1.165) is 5.56 Å². The number of hydrogen-bond donors (Lipinski definition) is 2. The fraction of sp³-hybridized carbons (Fsp3) is 0.222. The van der Waals surface area contributed by atoms with Crippen LogP contribution in [0.3, 0.4) is 0 Å². The first-order chi connectivity index (χ1) is 6.20. The molecule has 13 heavy (non-hydrogen) atoms. The number of anilines is 1. The topological polar surface area (TPSA) is 66.6 Å². The van der Waals surface area contributed by atoms with Gasteiger partial charge in [-0.05, 0) is 6.07 Å². The van der Waals surface area contributed by atoms with Gasteiger partial charge in [-0.3, -0.25) is 4.90 Å². The number of carbonyl (C=O) groups excluding carboxylic acids is 1. The molecular weight excluding hydrogens is 168 g/mol. The number of aliphatic hydroxyl groups excluding tert-OH is 1. The van der Waals surface area contributed by atoms with Gasteiger partial charge in [-0.15, -0.1) is 0 Å². The average Bonchev–Trinajstić information content (AvgIpc) is 2.45. The Hall–Kier alpha value is -1.55. The van der Waals surface area contributed by atoms with Crippen LogP contribution in [0, 0.1) is 0 Å². The van der Waals surface area contributed by atoms with Crippen molar-refractivity contribution in [1.82, 2.24) is 0 Å². The van der Waals surface area contributed by atoms with Crippen LogP contribution in [0.15, 0.2) is 24.3 Å². The van der Waals surface area contributed by atoms with E-state index < -0.39 is 12.1 Å². The van der Waals surface area contributed by atoms with Crippen LogP contribution >= 0.6 is 0 Å². The normalized spacial score (nSPS) is 20.1. The lowest BCUT2D eigenvalue weighted by molar-refractivity contribution is 0.193. The summed E-state index contributed by atoms with van der Waals surface area (Å²) in [6.45, 7) is 0.259.